The molecule has 0 N–H and O–H groups in total. The Morgan fingerprint density at radius 2 is 2.00 bits per heavy atom. The monoisotopic (exact) mass is 388 g/mol. The first-order valence-electron chi connectivity index (χ1n) is 7.56. The summed E-state index contributed by atoms with van der Waals surface area (Å²) in [5.41, 5.74) is 2.50. The van der Waals surface area contributed by atoms with Crippen molar-refractivity contribution in [2.45, 2.75) is 13.5 Å². The van der Waals surface area contributed by atoms with Gasteiger partial charge < -0.3 is 4.74 Å². The van der Waals surface area contributed by atoms with Gasteiger partial charge in [-0.25, -0.2) is 9.78 Å². The number of hydrogen-bond donors (Lipinski definition) is 0. The Labute approximate surface area is 158 Å². The second-order valence-corrected chi connectivity index (χ2v) is 6.77. The molecule has 26 heavy (non-hydrogen) atoms. The number of rotatable bonds is 5. The summed E-state index contributed by atoms with van der Waals surface area (Å²) in [5.74, 6) is -0.672. The van der Waals surface area contributed by atoms with Crippen LogP contribution in [0.25, 0.3) is 10.6 Å². The summed E-state index contributed by atoms with van der Waals surface area (Å²) in [4.78, 5) is 26.8. The molecule has 0 saturated carbocycles. The lowest BCUT2D eigenvalue weighted by atomic mass is 10.2. The minimum Gasteiger partial charge on any atom is -0.456 e. The van der Waals surface area contributed by atoms with Gasteiger partial charge in [0.1, 0.15) is 16.6 Å². The smallest absolute Gasteiger partial charge is 0.338 e. The molecule has 6 nitrogen and oxygen atoms in total. The van der Waals surface area contributed by atoms with Gasteiger partial charge in [-0.15, -0.1) is 11.3 Å². The van der Waals surface area contributed by atoms with E-state index in [1.165, 1.54) is 23.5 Å². The van der Waals surface area contributed by atoms with E-state index in [0.29, 0.717) is 5.69 Å². The number of nitrogens with zero attached hydrogens (tertiary/aromatic N) is 2. The first-order chi connectivity index (χ1) is 12.4. The number of aryl methyl sites for hydroxylation is 1. The van der Waals surface area contributed by atoms with Crippen LogP contribution in [0.1, 0.15) is 21.6 Å². The lowest BCUT2D eigenvalue weighted by Crippen LogP contribution is -2.06. The maximum atomic E-state index is 12.1. The summed E-state index contributed by atoms with van der Waals surface area (Å²) >= 11 is 7.19. The van der Waals surface area contributed by atoms with Crippen molar-refractivity contribution in [2.24, 2.45) is 0 Å². The molecule has 0 spiro atoms. The van der Waals surface area contributed by atoms with Crippen molar-refractivity contribution in [2.75, 3.05) is 0 Å². The number of aromatic nitrogens is 1. The van der Waals surface area contributed by atoms with Crippen LogP contribution in [0.2, 0.25) is 5.02 Å². The molecule has 0 bridgehead atoms. The summed E-state index contributed by atoms with van der Waals surface area (Å²) < 4.78 is 5.20. The highest BCUT2D eigenvalue weighted by Crippen LogP contribution is 2.26. The average molecular weight is 389 g/mol. The molecule has 0 fully saturated rings. The SMILES string of the molecule is Cc1ccc(-c2nc(COC(=O)c3ccc(Cl)c([N+](=O)[O-])c3)cs2)cc1. The van der Waals surface area contributed by atoms with Crippen LogP contribution in [-0.2, 0) is 11.3 Å². The van der Waals surface area contributed by atoms with Crippen LogP contribution in [0.3, 0.4) is 0 Å². The number of benzene rings is 2. The van der Waals surface area contributed by atoms with Gasteiger partial charge in [0.05, 0.1) is 16.2 Å². The molecule has 0 unspecified atom stereocenters. The molecular weight excluding hydrogens is 376 g/mol. The molecule has 3 rings (SSSR count). The summed E-state index contributed by atoms with van der Waals surface area (Å²) in [7, 11) is 0. The van der Waals surface area contributed by atoms with Gasteiger partial charge in [0.2, 0.25) is 0 Å². The van der Waals surface area contributed by atoms with Crippen LogP contribution in [0.5, 0.6) is 0 Å². The molecule has 0 aliphatic rings. The lowest BCUT2D eigenvalue weighted by Gasteiger charge is -2.03. The zero-order valence-corrected chi connectivity index (χ0v) is 15.2. The molecule has 0 atom stereocenters. The lowest BCUT2D eigenvalue weighted by molar-refractivity contribution is -0.384. The van der Waals surface area contributed by atoms with Crippen LogP contribution < -0.4 is 0 Å². The third-order valence-corrected chi connectivity index (χ3v) is 4.84. The summed E-state index contributed by atoms with van der Waals surface area (Å²) in [5, 5.41) is 13.5. The zero-order valence-electron chi connectivity index (χ0n) is 13.6. The van der Waals surface area contributed by atoms with E-state index in [-0.39, 0.29) is 22.9 Å². The molecule has 1 aromatic heterocycles. The van der Waals surface area contributed by atoms with E-state index in [9.17, 15) is 14.9 Å². The van der Waals surface area contributed by atoms with Crippen molar-refractivity contribution in [1.82, 2.24) is 4.98 Å². The van der Waals surface area contributed by atoms with E-state index < -0.39 is 10.9 Å². The molecule has 0 amide bonds. The number of thiazole rings is 1. The second kappa shape index (κ2) is 7.63. The quantitative estimate of drug-likeness (QED) is 0.347. The predicted molar refractivity (Wildman–Crippen MR) is 99.5 cm³/mol. The Balaban J connectivity index is 1.68. The van der Waals surface area contributed by atoms with E-state index in [1.54, 1.807) is 0 Å². The summed E-state index contributed by atoms with van der Waals surface area (Å²) in [6.07, 6.45) is 0. The largest absolute Gasteiger partial charge is 0.456 e. The van der Waals surface area contributed by atoms with Crippen molar-refractivity contribution < 1.29 is 14.5 Å². The Bertz CT molecular complexity index is 970. The van der Waals surface area contributed by atoms with E-state index in [2.05, 4.69) is 4.98 Å². The molecule has 1 heterocycles. The van der Waals surface area contributed by atoms with Crippen LogP contribution in [0, 0.1) is 17.0 Å². The Morgan fingerprint density at radius 3 is 2.69 bits per heavy atom. The minimum absolute atomic E-state index is 0.0163. The number of nitro groups is 1. The molecule has 0 aliphatic carbocycles. The number of halogens is 1. The average Bonchev–Trinajstić information content (AvgIpc) is 3.09. The third kappa shape index (κ3) is 4.07. The molecule has 3 aromatic rings. The van der Waals surface area contributed by atoms with Crippen molar-refractivity contribution in [3.05, 3.63) is 79.8 Å². The van der Waals surface area contributed by atoms with E-state index in [0.717, 1.165) is 22.2 Å². The zero-order chi connectivity index (χ0) is 18.7. The fourth-order valence-corrected chi connectivity index (χ4v) is 3.20. The molecule has 2 aromatic carbocycles. The van der Waals surface area contributed by atoms with Gasteiger partial charge in [-0.2, -0.15) is 0 Å². The molecule has 0 radical (unpaired) electrons. The van der Waals surface area contributed by atoms with Gasteiger partial charge in [0, 0.05) is 17.0 Å². The second-order valence-electron chi connectivity index (χ2n) is 5.51. The van der Waals surface area contributed by atoms with Crippen molar-refractivity contribution in [3.8, 4) is 10.6 Å². The number of carbonyl (C=O) groups excluding carboxylic acids is 1. The first-order valence-corrected chi connectivity index (χ1v) is 8.82. The van der Waals surface area contributed by atoms with Crippen molar-refractivity contribution >= 4 is 34.6 Å². The van der Waals surface area contributed by atoms with E-state index in [4.69, 9.17) is 16.3 Å². The maximum Gasteiger partial charge on any atom is 0.338 e. The fraction of sp³-hybridized carbons (Fsp3) is 0.111. The molecule has 0 aliphatic heterocycles. The number of carbonyl (C=O) groups is 1. The number of esters is 1. The van der Waals surface area contributed by atoms with E-state index >= 15 is 0 Å². The molecule has 8 heteroatoms. The third-order valence-electron chi connectivity index (χ3n) is 3.58. The highest BCUT2D eigenvalue weighted by Gasteiger charge is 2.17. The van der Waals surface area contributed by atoms with Crippen LogP contribution in [-0.4, -0.2) is 15.9 Å². The van der Waals surface area contributed by atoms with Gasteiger partial charge in [-0.1, -0.05) is 41.4 Å². The molecular formula is C18H13ClN2O4S. The Hall–Kier alpha value is -2.77. The number of nitro benzene ring substituents is 1. The van der Waals surface area contributed by atoms with Crippen molar-refractivity contribution in [1.29, 1.82) is 0 Å². The van der Waals surface area contributed by atoms with Crippen LogP contribution >= 0.6 is 22.9 Å². The van der Waals surface area contributed by atoms with Gasteiger partial charge >= 0.3 is 5.97 Å². The highest BCUT2D eigenvalue weighted by atomic mass is 35.5. The number of hydrogen-bond acceptors (Lipinski definition) is 6. The van der Waals surface area contributed by atoms with E-state index in [1.807, 2.05) is 36.6 Å². The topological polar surface area (TPSA) is 82.3 Å². The van der Waals surface area contributed by atoms with Crippen LogP contribution in [0.15, 0.2) is 47.8 Å². The first kappa shape index (κ1) is 18.0. The molecule has 132 valence electrons. The maximum absolute atomic E-state index is 12.1. The normalized spacial score (nSPS) is 10.5. The molecule has 0 saturated heterocycles. The summed E-state index contributed by atoms with van der Waals surface area (Å²) in [6.45, 7) is 2.00. The Morgan fingerprint density at radius 1 is 1.27 bits per heavy atom. The fourth-order valence-electron chi connectivity index (χ4n) is 2.20. The number of ether oxygens (including phenoxy) is 1. The van der Waals surface area contributed by atoms with Gasteiger partial charge in [0.15, 0.2) is 0 Å². The highest BCUT2D eigenvalue weighted by molar-refractivity contribution is 7.13. The van der Waals surface area contributed by atoms with Gasteiger partial charge in [-0.05, 0) is 19.1 Å². The van der Waals surface area contributed by atoms with Gasteiger partial charge in [-0.3, -0.25) is 10.1 Å². The predicted octanol–water partition coefficient (Wildman–Crippen LogP) is 5.04. The standard InChI is InChI=1S/C18H13ClN2O4S/c1-11-2-4-12(5-3-11)17-20-14(10-26-17)9-25-18(22)13-6-7-15(19)16(8-13)21(23)24/h2-8,10H,9H2,1H3. The minimum atomic E-state index is -0.672. The summed E-state index contributed by atoms with van der Waals surface area (Å²) in [6, 6.07) is 11.8. The van der Waals surface area contributed by atoms with Crippen LogP contribution in [0.4, 0.5) is 5.69 Å². The Kier molecular flexibility index (Phi) is 5.29. The van der Waals surface area contributed by atoms with Crippen molar-refractivity contribution in [3.63, 3.8) is 0 Å². The van der Waals surface area contributed by atoms with Gasteiger partial charge in [0.25, 0.3) is 5.69 Å².